The molecule has 0 saturated heterocycles. The van der Waals surface area contributed by atoms with E-state index in [1.807, 2.05) is 46.8 Å². The van der Waals surface area contributed by atoms with Gasteiger partial charge >= 0.3 is 0 Å². The quantitative estimate of drug-likeness (QED) is 0.923. The van der Waals surface area contributed by atoms with E-state index in [9.17, 15) is 4.79 Å². The first-order chi connectivity index (χ1) is 9.67. The normalized spacial score (nSPS) is 11.5. The summed E-state index contributed by atoms with van der Waals surface area (Å²) < 4.78 is 0. The zero-order valence-electron chi connectivity index (χ0n) is 13.5. The van der Waals surface area contributed by atoms with Gasteiger partial charge in [-0.15, -0.1) is 5.10 Å². The van der Waals surface area contributed by atoms with Gasteiger partial charge in [0.25, 0.3) is 5.91 Å². The number of nitrogens with zero attached hydrogens (tertiary/aromatic N) is 3. The van der Waals surface area contributed by atoms with E-state index in [4.69, 9.17) is 0 Å². The standard InChI is InChI=1S/C16H22N4O/c1-10-7-8-13(11(2)9-10)20-18-12(3)14(19-20)15(21)17-16(4,5)6/h7-9H,1-6H3,(H,17,21). The predicted molar refractivity (Wildman–Crippen MR) is 82.8 cm³/mol. The summed E-state index contributed by atoms with van der Waals surface area (Å²) in [6, 6.07) is 6.05. The van der Waals surface area contributed by atoms with Crippen molar-refractivity contribution >= 4 is 5.91 Å². The Balaban J connectivity index is 2.37. The second kappa shape index (κ2) is 5.31. The van der Waals surface area contributed by atoms with Crippen molar-refractivity contribution in [3.63, 3.8) is 0 Å². The van der Waals surface area contributed by atoms with Crippen molar-refractivity contribution in [1.29, 1.82) is 0 Å². The Labute approximate surface area is 125 Å². The number of carbonyl (C=O) groups is 1. The molecule has 1 aromatic heterocycles. The largest absolute Gasteiger partial charge is 0.346 e. The number of rotatable bonds is 2. The van der Waals surface area contributed by atoms with Gasteiger partial charge in [-0.05, 0) is 53.2 Å². The van der Waals surface area contributed by atoms with Crippen LogP contribution in [0.2, 0.25) is 0 Å². The Hall–Kier alpha value is -2.17. The molecule has 0 unspecified atom stereocenters. The summed E-state index contributed by atoms with van der Waals surface area (Å²) in [7, 11) is 0. The van der Waals surface area contributed by atoms with E-state index in [0.29, 0.717) is 11.4 Å². The third-order valence-electron chi connectivity index (χ3n) is 3.05. The van der Waals surface area contributed by atoms with Gasteiger partial charge in [0.1, 0.15) is 0 Å². The average Bonchev–Trinajstić information content (AvgIpc) is 2.68. The van der Waals surface area contributed by atoms with Crippen molar-refractivity contribution in [1.82, 2.24) is 20.3 Å². The number of aryl methyl sites for hydroxylation is 3. The van der Waals surface area contributed by atoms with Crippen molar-refractivity contribution < 1.29 is 4.79 Å². The number of hydrogen-bond donors (Lipinski definition) is 1. The molecule has 0 fully saturated rings. The first-order valence-corrected chi connectivity index (χ1v) is 7.01. The van der Waals surface area contributed by atoms with Crippen LogP contribution in [0, 0.1) is 20.8 Å². The number of aromatic nitrogens is 3. The van der Waals surface area contributed by atoms with Gasteiger partial charge in [-0.1, -0.05) is 17.7 Å². The molecule has 0 saturated carbocycles. The molecular formula is C16H22N4O. The fourth-order valence-corrected chi connectivity index (χ4v) is 2.13. The van der Waals surface area contributed by atoms with Gasteiger partial charge in [0.15, 0.2) is 5.69 Å². The maximum absolute atomic E-state index is 12.2. The van der Waals surface area contributed by atoms with Crippen LogP contribution < -0.4 is 5.32 Å². The third-order valence-corrected chi connectivity index (χ3v) is 3.05. The Kier molecular flexibility index (Phi) is 3.85. The maximum Gasteiger partial charge on any atom is 0.274 e. The van der Waals surface area contributed by atoms with Crippen LogP contribution in [-0.2, 0) is 0 Å². The van der Waals surface area contributed by atoms with Crippen LogP contribution in [0.5, 0.6) is 0 Å². The van der Waals surface area contributed by atoms with E-state index in [1.54, 1.807) is 6.92 Å². The summed E-state index contributed by atoms with van der Waals surface area (Å²) in [6.07, 6.45) is 0. The molecule has 0 aliphatic heterocycles. The molecule has 1 N–H and O–H groups in total. The number of benzene rings is 1. The molecule has 2 aromatic rings. The predicted octanol–water partition coefficient (Wildman–Crippen LogP) is 2.72. The zero-order chi connectivity index (χ0) is 15.8. The van der Waals surface area contributed by atoms with E-state index in [1.165, 1.54) is 10.4 Å². The molecule has 1 amide bonds. The van der Waals surface area contributed by atoms with Gasteiger partial charge in [-0.3, -0.25) is 4.79 Å². The summed E-state index contributed by atoms with van der Waals surface area (Å²) in [6.45, 7) is 11.7. The van der Waals surface area contributed by atoms with E-state index in [2.05, 4.69) is 21.6 Å². The number of hydrogen-bond acceptors (Lipinski definition) is 3. The van der Waals surface area contributed by atoms with E-state index < -0.39 is 0 Å². The van der Waals surface area contributed by atoms with Crippen LogP contribution in [0.15, 0.2) is 18.2 Å². The third kappa shape index (κ3) is 3.48. The Morgan fingerprint density at radius 1 is 1.14 bits per heavy atom. The Morgan fingerprint density at radius 2 is 1.81 bits per heavy atom. The number of nitrogens with one attached hydrogen (secondary N) is 1. The molecule has 21 heavy (non-hydrogen) atoms. The smallest absolute Gasteiger partial charge is 0.274 e. The Bertz CT molecular complexity index is 680. The van der Waals surface area contributed by atoms with E-state index in [0.717, 1.165) is 11.3 Å². The van der Waals surface area contributed by atoms with Crippen LogP contribution in [0.1, 0.15) is 48.1 Å². The molecule has 1 aromatic carbocycles. The summed E-state index contributed by atoms with van der Waals surface area (Å²) >= 11 is 0. The molecule has 5 nitrogen and oxygen atoms in total. The van der Waals surface area contributed by atoms with Gasteiger partial charge < -0.3 is 5.32 Å². The monoisotopic (exact) mass is 286 g/mol. The lowest BCUT2D eigenvalue weighted by atomic mass is 10.1. The number of amides is 1. The number of carbonyl (C=O) groups excluding carboxylic acids is 1. The summed E-state index contributed by atoms with van der Waals surface area (Å²) in [5.74, 6) is -0.198. The summed E-state index contributed by atoms with van der Waals surface area (Å²) in [5, 5.41) is 11.6. The van der Waals surface area contributed by atoms with Gasteiger partial charge in [0.05, 0.1) is 11.4 Å². The average molecular weight is 286 g/mol. The minimum absolute atomic E-state index is 0.198. The summed E-state index contributed by atoms with van der Waals surface area (Å²) in [5.41, 5.74) is 3.84. The van der Waals surface area contributed by atoms with Crippen molar-refractivity contribution in [2.24, 2.45) is 0 Å². The molecule has 0 radical (unpaired) electrons. The molecule has 0 bridgehead atoms. The van der Waals surface area contributed by atoms with Crippen LogP contribution >= 0.6 is 0 Å². The molecule has 0 aliphatic rings. The lowest BCUT2D eigenvalue weighted by Gasteiger charge is -2.19. The molecule has 112 valence electrons. The van der Waals surface area contributed by atoms with Crippen molar-refractivity contribution in [2.75, 3.05) is 0 Å². The van der Waals surface area contributed by atoms with Crippen LogP contribution in [0.25, 0.3) is 5.69 Å². The topological polar surface area (TPSA) is 59.8 Å². The first kappa shape index (κ1) is 15.2. The van der Waals surface area contributed by atoms with Crippen molar-refractivity contribution in [3.05, 3.63) is 40.7 Å². The second-order valence-corrected chi connectivity index (χ2v) is 6.42. The molecule has 0 spiro atoms. The molecule has 0 aliphatic carbocycles. The second-order valence-electron chi connectivity index (χ2n) is 6.42. The van der Waals surface area contributed by atoms with Crippen molar-refractivity contribution in [3.8, 4) is 5.69 Å². The first-order valence-electron chi connectivity index (χ1n) is 7.01. The highest BCUT2D eigenvalue weighted by molar-refractivity contribution is 5.93. The zero-order valence-corrected chi connectivity index (χ0v) is 13.5. The van der Waals surface area contributed by atoms with E-state index in [-0.39, 0.29) is 11.4 Å². The van der Waals surface area contributed by atoms with Gasteiger partial charge in [0, 0.05) is 5.54 Å². The molecule has 0 atom stereocenters. The highest BCUT2D eigenvalue weighted by atomic mass is 16.2. The highest BCUT2D eigenvalue weighted by Crippen LogP contribution is 2.15. The summed E-state index contributed by atoms with van der Waals surface area (Å²) in [4.78, 5) is 13.8. The van der Waals surface area contributed by atoms with Crippen LogP contribution in [0.3, 0.4) is 0 Å². The highest BCUT2D eigenvalue weighted by Gasteiger charge is 2.21. The van der Waals surface area contributed by atoms with Crippen molar-refractivity contribution in [2.45, 2.75) is 47.1 Å². The van der Waals surface area contributed by atoms with Gasteiger partial charge in [-0.25, -0.2) is 0 Å². The lowest BCUT2D eigenvalue weighted by molar-refractivity contribution is 0.0913. The van der Waals surface area contributed by atoms with Crippen LogP contribution in [-0.4, -0.2) is 26.4 Å². The van der Waals surface area contributed by atoms with E-state index >= 15 is 0 Å². The van der Waals surface area contributed by atoms with Crippen LogP contribution in [0.4, 0.5) is 0 Å². The fourth-order valence-electron chi connectivity index (χ4n) is 2.13. The molecular weight excluding hydrogens is 264 g/mol. The fraction of sp³-hybridized carbons (Fsp3) is 0.438. The van der Waals surface area contributed by atoms with Gasteiger partial charge in [-0.2, -0.15) is 9.90 Å². The minimum Gasteiger partial charge on any atom is -0.346 e. The molecule has 1 heterocycles. The minimum atomic E-state index is -0.299. The lowest BCUT2D eigenvalue weighted by Crippen LogP contribution is -2.41. The SMILES string of the molecule is Cc1ccc(-n2nc(C)c(C(=O)NC(C)(C)C)n2)c(C)c1. The maximum atomic E-state index is 12.2. The van der Waals surface area contributed by atoms with Gasteiger partial charge in [0.2, 0.25) is 0 Å². The molecule has 5 heteroatoms. The Morgan fingerprint density at radius 3 is 2.38 bits per heavy atom. The molecule has 2 rings (SSSR count).